The first-order valence-corrected chi connectivity index (χ1v) is 5.63. The molecule has 0 aliphatic carbocycles. The average molecular weight is 285 g/mol. The molecule has 1 atom stereocenters. The van der Waals surface area contributed by atoms with Crippen LogP contribution in [-0.2, 0) is 9.59 Å². The molecule has 1 amide bonds. The summed E-state index contributed by atoms with van der Waals surface area (Å²) in [6.45, 7) is 0. The molecule has 1 aliphatic heterocycles. The third kappa shape index (κ3) is 2.27. The molecule has 1 unspecified atom stereocenters. The molecule has 7 heteroatoms. The number of hydrogen-bond donors (Lipinski definition) is 1. The first-order valence-electron chi connectivity index (χ1n) is 4.87. The van der Waals surface area contributed by atoms with Gasteiger partial charge < -0.3 is 5.32 Å². The molecule has 0 spiro atoms. The number of rotatable bonds is 2. The van der Waals surface area contributed by atoms with Crippen molar-refractivity contribution in [1.29, 1.82) is 0 Å². The van der Waals surface area contributed by atoms with Crippen LogP contribution in [0.25, 0.3) is 6.08 Å². The van der Waals surface area contributed by atoms with Crippen molar-refractivity contribution in [3.05, 3.63) is 44.4 Å². The van der Waals surface area contributed by atoms with Gasteiger partial charge in [0, 0.05) is 10.0 Å². The second-order valence-electron chi connectivity index (χ2n) is 3.59. The summed E-state index contributed by atoms with van der Waals surface area (Å²) in [5.41, 5.74) is 0.505. The Kier molecular flexibility index (Phi) is 3.45. The van der Waals surface area contributed by atoms with Crippen LogP contribution in [0.2, 0.25) is 10.0 Å². The molecule has 5 nitrogen and oxygen atoms in total. The van der Waals surface area contributed by atoms with Crippen LogP contribution < -0.4 is 5.32 Å². The van der Waals surface area contributed by atoms with E-state index in [9.17, 15) is 14.5 Å². The lowest BCUT2D eigenvalue weighted by molar-refractivity contribution is -0.123. The zero-order chi connectivity index (χ0) is 13.3. The Morgan fingerprint density at radius 1 is 1.28 bits per heavy atom. The number of nitroso groups, excluding NO2 is 1. The number of halogens is 2. The normalized spacial score (nSPS) is 21.2. The maximum absolute atomic E-state index is 11.6. The van der Waals surface area contributed by atoms with Crippen LogP contribution in [0.15, 0.2) is 29.1 Å². The number of ketones is 1. The van der Waals surface area contributed by atoms with Gasteiger partial charge in [-0.2, -0.15) is 0 Å². The first kappa shape index (κ1) is 12.7. The summed E-state index contributed by atoms with van der Waals surface area (Å²) < 4.78 is 0. The minimum atomic E-state index is -1.51. The van der Waals surface area contributed by atoms with E-state index >= 15 is 0 Å². The zero-order valence-corrected chi connectivity index (χ0v) is 10.3. The van der Waals surface area contributed by atoms with E-state index in [2.05, 4.69) is 10.5 Å². The number of carbonyl (C=O) groups is 2. The molecule has 1 fully saturated rings. The van der Waals surface area contributed by atoms with Gasteiger partial charge in [-0.25, -0.2) is 0 Å². The van der Waals surface area contributed by atoms with Gasteiger partial charge in [-0.15, -0.1) is 4.91 Å². The number of carbonyl (C=O) groups excluding carboxylic acids is 2. The Bertz CT molecular complexity index is 584. The van der Waals surface area contributed by atoms with Crippen molar-refractivity contribution in [2.75, 3.05) is 0 Å². The smallest absolute Gasteiger partial charge is 0.261 e. The Morgan fingerprint density at radius 2 is 2.00 bits per heavy atom. The number of nitrogens with one attached hydrogen (secondary N) is 1. The van der Waals surface area contributed by atoms with Crippen molar-refractivity contribution in [3.8, 4) is 0 Å². The summed E-state index contributed by atoms with van der Waals surface area (Å²) >= 11 is 11.7. The van der Waals surface area contributed by atoms with E-state index in [1.807, 2.05) is 0 Å². The molecule has 0 saturated carbocycles. The molecule has 0 radical (unpaired) electrons. The number of nitrogens with zero attached hydrogens (tertiary/aromatic N) is 1. The first-order chi connectivity index (χ1) is 8.52. The Balaban J connectivity index is 2.38. The van der Waals surface area contributed by atoms with Gasteiger partial charge in [0.2, 0.25) is 11.8 Å². The van der Waals surface area contributed by atoms with Crippen molar-refractivity contribution in [2.45, 2.75) is 6.04 Å². The van der Waals surface area contributed by atoms with E-state index in [1.54, 1.807) is 12.1 Å². The highest BCUT2D eigenvalue weighted by atomic mass is 35.5. The van der Waals surface area contributed by atoms with E-state index in [0.29, 0.717) is 15.6 Å². The van der Waals surface area contributed by atoms with Gasteiger partial charge in [-0.1, -0.05) is 29.3 Å². The number of benzene rings is 1. The second kappa shape index (κ2) is 4.88. The number of Topliss-reactive ketones (excluding diaryl/α,β-unsaturated/α-hetero) is 1. The van der Waals surface area contributed by atoms with Crippen molar-refractivity contribution in [1.82, 2.24) is 5.32 Å². The highest BCUT2D eigenvalue weighted by Crippen LogP contribution is 2.24. The summed E-state index contributed by atoms with van der Waals surface area (Å²) in [5.74, 6) is -1.40. The number of hydrogen-bond acceptors (Lipinski definition) is 4. The van der Waals surface area contributed by atoms with Crippen LogP contribution in [0.3, 0.4) is 0 Å². The van der Waals surface area contributed by atoms with E-state index < -0.39 is 17.7 Å². The topological polar surface area (TPSA) is 75.6 Å². The van der Waals surface area contributed by atoms with Crippen LogP contribution >= 0.6 is 23.2 Å². The fraction of sp³-hybridized carbons (Fsp3) is 0.0909. The highest BCUT2D eigenvalue weighted by Gasteiger charge is 2.38. The van der Waals surface area contributed by atoms with E-state index in [0.717, 1.165) is 0 Å². The lowest BCUT2D eigenvalue weighted by atomic mass is 10.1. The summed E-state index contributed by atoms with van der Waals surface area (Å²) in [6, 6.07) is 3.18. The molecule has 92 valence electrons. The molecular weight excluding hydrogens is 279 g/mol. The average Bonchev–Trinajstić information content (AvgIpc) is 2.58. The molecule has 1 heterocycles. The van der Waals surface area contributed by atoms with Gasteiger partial charge in [0.15, 0.2) is 0 Å². The third-order valence-corrected chi connectivity index (χ3v) is 2.95. The van der Waals surface area contributed by atoms with Crippen LogP contribution in [-0.4, -0.2) is 17.7 Å². The minimum absolute atomic E-state index is 0.00572. The van der Waals surface area contributed by atoms with Crippen LogP contribution in [0.5, 0.6) is 0 Å². The molecule has 0 bridgehead atoms. The summed E-state index contributed by atoms with van der Waals surface area (Å²) in [6.07, 6.45) is 1.38. The van der Waals surface area contributed by atoms with Gasteiger partial charge >= 0.3 is 0 Å². The lowest BCUT2D eigenvalue weighted by Crippen LogP contribution is -2.22. The Labute approximate surface area is 112 Å². The van der Waals surface area contributed by atoms with E-state index in [-0.39, 0.29) is 5.70 Å². The maximum Gasteiger partial charge on any atom is 0.261 e. The minimum Gasteiger partial charge on any atom is -0.321 e. The van der Waals surface area contributed by atoms with E-state index in [1.165, 1.54) is 12.1 Å². The summed E-state index contributed by atoms with van der Waals surface area (Å²) in [4.78, 5) is 33.2. The SMILES string of the molecule is O=NC1C(=O)NC(=Cc2ccc(Cl)cc2Cl)C1=O. The molecule has 1 N–H and O–H groups in total. The zero-order valence-electron chi connectivity index (χ0n) is 8.81. The number of amides is 1. The fourth-order valence-electron chi connectivity index (χ4n) is 1.51. The second-order valence-corrected chi connectivity index (χ2v) is 4.43. The van der Waals surface area contributed by atoms with Gasteiger partial charge in [-0.05, 0) is 28.9 Å². The van der Waals surface area contributed by atoms with Crippen molar-refractivity contribution < 1.29 is 9.59 Å². The summed E-state index contributed by atoms with van der Waals surface area (Å²) in [5, 5.41) is 5.54. The maximum atomic E-state index is 11.6. The molecule has 1 aromatic rings. The predicted molar refractivity (Wildman–Crippen MR) is 67.2 cm³/mol. The molecule has 0 aromatic heterocycles. The molecule has 18 heavy (non-hydrogen) atoms. The highest BCUT2D eigenvalue weighted by molar-refractivity contribution is 6.35. The third-order valence-electron chi connectivity index (χ3n) is 2.39. The quantitative estimate of drug-likeness (QED) is 0.514. The molecule has 1 aliphatic rings. The Hall–Kier alpha value is -1.72. The molecule has 2 rings (SSSR count). The van der Waals surface area contributed by atoms with Crippen LogP contribution in [0.1, 0.15) is 5.56 Å². The van der Waals surface area contributed by atoms with Gasteiger partial charge in [-0.3, -0.25) is 9.59 Å². The molecule has 1 aromatic carbocycles. The monoisotopic (exact) mass is 284 g/mol. The fourth-order valence-corrected chi connectivity index (χ4v) is 1.97. The van der Waals surface area contributed by atoms with Crippen LogP contribution in [0.4, 0.5) is 0 Å². The molecular formula is C11H6Cl2N2O3. The molecule has 1 saturated heterocycles. The van der Waals surface area contributed by atoms with Crippen molar-refractivity contribution >= 4 is 41.0 Å². The van der Waals surface area contributed by atoms with Crippen molar-refractivity contribution in [2.24, 2.45) is 5.18 Å². The van der Waals surface area contributed by atoms with Crippen molar-refractivity contribution in [3.63, 3.8) is 0 Å². The van der Waals surface area contributed by atoms with E-state index in [4.69, 9.17) is 23.2 Å². The van der Waals surface area contributed by atoms with Crippen LogP contribution in [0, 0.1) is 4.91 Å². The van der Waals surface area contributed by atoms with Gasteiger partial charge in [0.25, 0.3) is 5.91 Å². The standard InChI is InChI=1S/C11H6Cl2N2O3/c12-6-2-1-5(7(13)4-6)3-8-10(16)9(15-18)11(17)14-8/h1-4,9H,(H,14,17). The lowest BCUT2D eigenvalue weighted by Gasteiger charge is -2.00. The largest absolute Gasteiger partial charge is 0.321 e. The predicted octanol–water partition coefficient (Wildman–Crippen LogP) is 2.17. The van der Waals surface area contributed by atoms with Gasteiger partial charge in [0.05, 0.1) is 5.70 Å². The summed E-state index contributed by atoms with van der Waals surface area (Å²) in [7, 11) is 0. The van der Waals surface area contributed by atoms with Gasteiger partial charge in [0.1, 0.15) is 0 Å². The Morgan fingerprint density at radius 3 is 2.56 bits per heavy atom.